The molecule has 0 saturated heterocycles. The van der Waals surface area contributed by atoms with Gasteiger partial charge in [0.05, 0.1) is 0 Å². The van der Waals surface area contributed by atoms with Crippen molar-refractivity contribution >= 4 is 11.6 Å². The Labute approximate surface area is 84.3 Å². The van der Waals surface area contributed by atoms with E-state index in [9.17, 15) is 0 Å². The molecular formula is C10H15ClN2. The Morgan fingerprint density at radius 2 is 2.31 bits per heavy atom. The van der Waals surface area contributed by atoms with E-state index < -0.39 is 0 Å². The number of alkyl halides is 1. The van der Waals surface area contributed by atoms with Crippen molar-refractivity contribution in [2.45, 2.75) is 25.9 Å². The fourth-order valence-electron chi connectivity index (χ4n) is 0.891. The molecule has 13 heavy (non-hydrogen) atoms. The van der Waals surface area contributed by atoms with Crippen LogP contribution in [-0.4, -0.2) is 16.4 Å². The number of hydrogen-bond acceptors (Lipinski definition) is 2. The van der Waals surface area contributed by atoms with Gasteiger partial charge in [-0.05, 0) is 25.5 Å². The van der Waals surface area contributed by atoms with E-state index >= 15 is 0 Å². The van der Waals surface area contributed by atoms with E-state index in [-0.39, 0.29) is 5.54 Å². The molecule has 72 valence electrons. The summed E-state index contributed by atoms with van der Waals surface area (Å²) in [5.41, 5.74) is 1.16. The highest BCUT2D eigenvalue weighted by atomic mass is 35.5. The monoisotopic (exact) mass is 198 g/mol. The Morgan fingerprint density at radius 3 is 2.85 bits per heavy atom. The van der Waals surface area contributed by atoms with Crippen LogP contribution in [0.4, 0.5) is 0 Å². The second-order valence-electron chi connectivity index (χ2n) is 3.73. The number of halogens is 1. The molecule has 2 nitrogen and oxygen atoms in total. The summed E-state index contributed by atoms with van der Waals surface area (Å²) in [5.74, 6) is 0.604. The van der Waals surface area contributed by atoms with Crippen LogP contribution in [0.1, 0.15) is 19.4 Å². The van der Waals surface area contributed by atoms with Crippen molar-refractivity contribution in [2.75, 3.05) is 5.88 Å². The predicted molar refractivity (Wildman–Crippen MR) is 55.9 cm³/mol. The normalized spacial score (nSPS) is 11.6. The first-order valence-electron chi connectivity index (χ1n) is 4.34. The maximum atomic E-state index is 5.78. The molecule has 1 rings (SSSR count). The van der Waals surface area contributed by atoms with Gasteiger partial charge in [0, 0.05) is 30.4 Å². The molecule has 0 bridgehead atoms. The van der Waals surface area contributed by atoms with E-state index in [2.05, 4.69) is 24.1 Å². The van der Waals surface area contributed by atoms with Crippen LogP contribution >= 0.6 is 11.6 Å². The average molecular weight is 199 g/mol. The maximum absolute atomic E-state index is 5.78. The predicted octanol–water partition coefficient (Wildman–Crippen LogP) is 2.19. The van der Waals surface area contributed by atoms with Gasteiger partial charge in [-0.15, -0.1) is 11.6 Å². The molecule has 0 aliphatic carbocycles. The van der Waals surface area contributed by atoms with E-state index in [1.807, 2.05) is 18.3 Å². The SMILES string of the molecule is CC(C)(CCl)NCc1cccnc1. The third kappa shape index (κ3) is 3.75. The second-order valence-corrected chi connectivity index (χ2v) is 4.00. The van der Waals surface area contributed by atoms with Crippen LogP contribution in [0.5, 0.6) is 0 Å². The van der Waals surface area contributed by atoms with E-state index in [1.54, 1.807) is 6.20 Å². The average Bonchev–Trinajstić information content (AvgIpc) is 2.17. The summed E-state index contributed by atoms with van der Waals surface area (Å²) >= 11 is 5.78. The van der Waals surface area contributed by atoms with Gasteiger partial charge in [0.15, 0.2) is 0 Å². The molecule has 0 aliphatic heterocycles. The summed E-state index contributed by atoms with van der Waals surface area (Å²) in [4.78, 5) is 4.04. The zero-order valence-electron chi connectivity index (χ0n) is 8.05. The van der Waals surface area contributed by atoms with Gasteiger partial charge in [0.25, 0.3) is 0 Å². The van der Waals surface area contributed by atoms with E-state index in [4.69, 9.17) is 11.6 Å². The molecule has 3 heteroatoms. The van der Waals surface area contributed by atoms with Crippen LogP contribution in [-0.2, 0) is 6.54 Å². The van der Waals surface area contributed by atoms with Crippen molar-refractivity contribution in [3.63, 3.8) is 0 Å². The number of hydrogen-bond donors (Lipinski definition) is 1. The lowest BCUT2D eigenvalue weighted by atomic mass is 10.1. The smallest absolute Gasteiger partial charge is 0.0400 e. The summed E-state index contributed by atoms with van der Waals surface area (Å²) < 4.78 is 0. The summed E-state index contributed by atoms with van der Waals surface area (Å²) in [5, 5.41) is 3.35. The molecule has 0 saturated carbocycles. The Kier molecular flexibility index (Phi) is 3.70. The van der Waals surface area contributed by atoms with Crippen LogP contribution in [0.2, 0.25) is 0 Å². The van der Waals surface area contributed by atoms with E-state index in [0.717, 1.165) is 6.54 Å². The molecule has 0 fully saturated rings. The van der Waals surface area contributed by atoms with Crippen molar-refractivity contribution in [3.8, 4) is 0 Å². The number of aromatic nitrogens is 1. The topological polar surface area (TPSA) is 24.9 Å². The van der Waals surface area contributed by atoms with Crippen LogP contribution in [0, 0.1) is 0 Å². The summed E-state index contributed by atoms with van der Waals surface area (Å²) in [7, 11) is 0. The van der Waals surface area contributed by atoms with Crippen LogP contribution in [0.15, 0.2) is 24.5 Å². The van der Waals surface area contributed by atoms with Gasteiger partial charge in [-0.2, -0.15) is 0 Å². The Balaban J connectivity index is 2.44. The van der Waals surface area contributed by atoms with Gasteiger partial charge in [-0.3, -0.25) is 4.98 Å². The zero-order valence-corrected chi connectivity index (χ0v) is 8.80. The third-order valence-electron chi connectivity index (χ3n) is 1.83. The summed E-state index contributed by atoms with van der Waals surface area (Å²) in [6, 6.07) is 3.98. The minimum Gasteiger partial charge on any atom is -0.306 e. The third-order valence-corrected chi connectivity index (χ3v) is 2.50. The van der Waals surface area contributed by atoms with Gasteiger partial charge >= 0.3 is 0 Å². The molecule has 1 aromatic heterocycles. The standard InChI is InChI=1S/C10H15ClN2/c1-10(2,8-11)13-7-9-4-3-5-12-6-9/h3-6,13H,7-8H2,1-2H3. The van der Waals surface area contributed by atoms with Crippen molar-refractivity contribution < 1.29 is 0 Å². The van der Waals surface area contributed by atoms with Gasteiger partial charge in [0.1, 0.15) is 0 Å². The molecular weight excluding hydrogens is 184 g/mol. The Bertz CT molecular complexity index is 246. The maximum Gasteiger partial charge on any atom is 0.0400 e. The molecule has 0 amide bonds. The summed E-state index contributed by atoms with van der Waals surface area (Å²) in [6.07, 6.45) is 3.63. The van der Waals surface area contributed by atoms with Crippen LogP contribution in [0.3, 0.4) is 0 Å². The highest BCUT2D eigenvalue weighted by Crippen LogP contribution is 2.06. The molecule has 0 unspecified atom stereocenters. The second kappa shape index (κ2) is 4.58. The van der Waals surface area contributed by atoms with Crippen molar-refractivity contribution in [1.29, 1.82) is 0 Å². The minimum atomic E-state index is -0.0165. The van der Waals surface area contributed by atoms with Crippen molar-refractivity contribution in [3.05, 3.63) is 30.1 Å². The fourth-order valence-corrected chi connectivity index (χ4v) is 0.986. The largest absolute Gasteiger partial charge is 0.306 e. The highest BCUT2D eigenvalue weighted by Gasteiger charge is 2.14. The van der Waals surface area contributed by atoms with Crippen LogP contribution < -0.4 is 5.32 Å². The Morgan fingerprint density at radius 1 is 1.54 bits per heavy atom. The molecule has 1 heterocycles. The van der Waals surface area contributed by atoms with Crippen molar-refractivity contribution in [2.24, 2.45) is 0 Å². The van der Waals surface area contributed by atoms with Crippen molar-refractivity contribution in [1.82, 2.24) is 10.3 Å². The number of pyridine rings is 1. The van der Waals surface area contributed by atoms with Gasteiger partial charge in [0.2, 0.25) is 0 Å². The van der Waals surface area contributed by atoms with Gasteiger partial charge in [-0.25, -0.2) is 0 Å². The molecule has 1 N–H and O–H groups in total. The highest BCUT2D eigenvalue weighted by molar-refractivity contribution is 6.18. The molecule has 1 aromatic rings. The Hall–Kier alpha value is -0.600. The zero-order chi connectivity index (χ0) is 9.73. The van der Waals surface area contributed by atoms with E-state index in [1.165, 1.54) is 5.56 Å². The number of rotatable bonds is 4. The van der Waals surface area contributed by atoms with Crippen LogP contribution in [0.25, 0.3) is 0 Å². The molecule has 0 radical (unpaired) electrons. The molecule has 0 atom stereocenters. The summed E-state index contributed by atoms with van der Waals surface area (Å²) in [6.45, 7) is 4.97. The number of nitrogens with one attached hydrogen (secondary N) is 1. The lowest BCUT2D eigenvalue weighted by molar-refractivity contribution is 0.429. The quantitative estimate of drug-likeness (QED) is 0.751. The molecule has 0 spiro atoms. The lowest BCUT2D eigenvalue weighted by Crippen LogP contribution is -2.40. The van der Waals surface area contributed by atoms with Gasteiger partial charge < -0.3 is 5.32 Å². The first-order chi connectivity index (χ1) is 6.14. The molecule has 0 aromatic carbocycles. The minimum absolute atomic E-state index is 0.0165. The lowest BCUT2D eigenvalue weighted by Gasteiger charge is -2.23. The number of nitrogens with zero attached hydrogens (tertiary/aromatic N) is 1. The van der Waals surface area contributed by atoms with Gasteiger partial charge in [-0.1, -0.05) is 6.07 Å². The fraction of sp³-hybridized carbons (Fsp3) is 0.500. The van der Waals surface area contributed by atoms with E-state index in [0.29, 0.717) is 5.88 Å². The first-order valence-corrected chi connectivity index (χ1v) is 4.87. The molecule has 0 aliphatic rings. The first kappa shape index (κ1) is 10.5.